The van der Waals surface area contributed by atoms with E-state index in [0.29, 0.717) is 5.95 Å². The Balaban J connectivity index is 1.75. The van der Waals surface area contributed by atoms with Crippen LogP contribution in [0.2, 0.25) is 0 Å². The first-order valence-electron chi connectivity index (χ1n) is 6.14. The van der Waals surface area contributed by atoms with Gasteiger partial charge in [-0.25, -0.2) is 4.98 Å². The summed E-state index contributed by atoms with van der Waals surface area (Å²) in [5.41, 5.74) is 2.48. The first-order chi connectivity index (χ1) is 9.81. The molecule has 1 heterocycles. The highest BCUT2D eigenvalue weighted by atomic mass is 16.1. The van der Waals surface area contributed by atoms with Gasteiger partial charge in [0, 0.05) is 11.5 Å². The van der Waals surface area contributed by atoms with E-state index < -0.39 is 5.91 Å². The van der Waals surface area contributed by atoms with Gasteiger partial charge in [0.2, 0.25) is 5.95 Å². The fraction of sp³-hybridized carbons (Fsp3) is 0. The lowest BCUT2D eigenvalue weighted by molar-refractivity contribution is -0.111. The number of hydrogen-bond acceptors (Lipinski definition) is 2. The number of fused-ring (bicyclic) bond motifs is 1. The van der Waals surface area contributed by atoms with E-state index in [1.807, 2.05) is 54.6 Å². The van der Waals surface area contributed by atoms with Crippen LogP contribution in [0.25, 0.3) is 11.0 Å². The van der Waals surface area contributed by atoms with Gasteiger partial charge in [-0.3, -0.25) is 10.1 Å². The number of aromatic nitrogens is 2. The molecule has 0 aliphatic heterocycles. The Bertz CT molecular complexity index is 777. The van der Waals surface area contributed by atoms with Crippen molar-refractivity contribution in [1.82, 2.24) is 9.97 Å². The number of carbonyl (C=O) groups is 1. The number of amides is 1. The first-order valence-corrected chi connectivity index (χ1v) is 6.14. The van der Waals surface area contributed by atoms with Gasteiger partial charge < -0.3 is 4.98 Å². The zero-order valence-electron chi connectivity index (χ0n) is 10.6. The molecule has 4 heteroatoms. The van der Waals surface area contributed by atoms with Gasteiger partial charge in [-0.2, -0.15) is 0 Å². The zero-order chi connectivity index (χ0) is 13.8. The second kappa shape index (κ2) is 5.29. The summed E-state index contributed by atoms with van der Waals surface area (Å²) in [5, 5.41) is 2.62. The maximum absolute atomic E-state index is 11.7. The Morgan fingerprint density at radius 1 is 1.05 bits per heavy atom. The molecule has 0 fully saturated rings. The van der Waals surface area contributed by atoms with E-state index in [1.165, 1.54) is 0 Å². The summed E-state index contributed by atoms with van der Waals surface area (Å²) >= 11 is 0. The molecule has 0 radical (unpaired) electrons. The molecule has 0 unspecified atom stereocenters. The lowest BCUT2D eigenvalue weighted by Gasteiger charge is -1.93. The van der Waals surface area contributed by atoms with Crippen molar-refractivity contribution in [1.29, 1.82) is 0 Å². The number of aromatic amines is 1. The third-order valence-electron chi connectivity index (χ3n) is 2.72. The molecular formula is C16H11N3O. The number of hydrogen-bond donors (Lipinski definition) is 2. The predicted octanol–water partition coefficient (Wildman–Crippen LogP) is 2.55. The van der Waals surface area contributed by atoms with Crippen LogP contribution in [0.1, 0.15) is 5.56 Å². The molecule has 0 bridgehead atoms. The van der Waals surface area contributed by atoms with E-state index in [2.05, 4.69) is 27.1 Å². The summed E-state index contributed by atoms with van der Waals surface area (Å²) < 4.78 is 0. The summed E-state index contributed by atoms with van der Waals surface area (Å²) in [5.74, 6) is 5.33. The monoisotopic (exact) mass is 261 g/mol. The van der Waals surface area contributed by atoms with E-state index in [9.17, 15) is 4.79 Å². The van der Waals surface area contributed by atoms with Gasteiger partial charge in [0.15, 0.2) is 0 Å². The number of anilines is 1. The molecule has 0 aliphatic rings. The van der Waals surface area contributed by atoms with Gasteiger partial charge in [0.05, 0.1) is 11.0 Å². The second-order valence-corrected chi connectivity index (χ2v) is 4.17. The lowest BCUT2D eigenvalue weighted by Crippen LogP contribution is -2.09. The summed E-state index contributed by atoms with van der Waals surface area (Å²) in [7, 11) is 0. The van der Waals surface area contributed by atoms with Gasteiger partial charge in [-0.15, -0.1) is 0 Å². The molecule has 0 spiro atoms. The first kappa shape index (κ1) is 12.0. The summed E-state index contributed by atoms with van der Waals surface area (Å²) in [6.45, 7) is 0. The Kier molecular flexibility index (Phi) is 3.17. The van der Waals surface area contributed by atoms with E-state index in [4.69, 9.17) is 0 Å². The van der Waals surface area contributed by atoms with Crippen LogP contribution in [0.15, 0.2) is 54.6 Å². The third kappa shape index (κ3) is 2.68. The van der Waals surface area contributed by atoms with Crippen molar-refractivity contribution in [3.05, 3.63) is 60.2 Å². The fourth-order valence-corrected chi connectivity index (χ4v) is 1.80. The van der Waals surface area contributed by atoms with Crippen molar-refractivity contribution < 1.29 is 4.79 Å². The maximum atomic E-state index is 11.7. The van der Waals surface area contributed by atoms with Crippen LogP contribution in [0.3, 0.4) is 0 Å². The van der Waals surface area contributed by atoms with Crippen LogP contribution in [-0.4, -0.2) is 15.9 Å². The lowest BCUT2D eigenvalue weighted by atomic mass is 10.2. The molecule has 3 aromatic rings. The van der Waals surface area contributed by atoms with Crippen LogP contribution in [-0.2, 0) is 4.79 Å². The van der Waals surface area contributed by atoms with Crippen LogP contribution in [0.5, 0.6) is 0 Å². The molecule has 0 aliphatic carbocycles. The number of benzene rings is 2. The number of nitrogens with one attached hydrogen (secondary N) is 2. The molecule has 1 aromatic heterocycles. The van der Waals surface area contributed by atoms with Crippen LogP contribution >= 0.6 is 0 Å². The highest BCUT2D eigenvalue weighted by Crippen LogP contribution is 2.12. The molecule has 1 amide bonds. The average molecular weight is 261 g/mol. The van der Waals surface area contributed by atoms with Crippen molar-refractivity contribution >= 4 is 22.9 Å². The Morgan fingerprint density at radius 3 is 2.60 bits per heavy atom. The van der Waals surface area contributed by atoms with Gasteiger partial charge in [0.25, 0.3) is 0 Å². The number of carbonyl (C=O) groups excluding carboxylic acids is 1. The normalized spacial score (nSPS) is 9.80. The zero-order valence-corrected chi connectivity index (χ0v) is 10.6. The van der Waals surface area contributed by atoms with Gasteiger partial charge in [0.1, 0.15) is 0 Å². The predicted molar refractivity (Wildman–Crippen MR) is 78.0 cm³/mol. The summed E-state index contributed by atoms with van der Waals surface area (Å²) in [6.07, 6.45) is 0. The quantitative estimate of drug-likeness (QED) is 0.661. The van der Waals surface area contributed by atoms with Gasteiger partial charge in [-0.05, 0) is 24.3 Å². The molecule has 2 N–H and O–H groups in total. The molecule has 4 nitrogen and oxygen atoms in total. The Morgan fingerprint density at radius 2 is 1.80 bits per heavy atom. The standard InChI is InChI=1S/C16H11N3O/c20-15(11-10-12-6-2-1-3-7-12)19-16-17-13-8-4-5-9-14(13)18-16/h1-9H,(H2,17,18,19,20). The number of H-pyrrole nitrogens is 1. The molecule has 3 rings (SSSR count). The van der Waals surface area contributed by atoms with Crippen LogP contribution in [0, 0.1) is 11.8 Å². The molecule has 20 heavy (non-hydrogen) atoms. The van der Waals surface area contributed by atoms with Crippen molar-refractivity contribution in [2.75, 3.05) is 5.32 Å². The number of nitrogens with zero attached hydrogens (tertiary/aromatic N) is 1. The van der Waals surface area contributed by atoms with Crippen molar-refractivity contribution in [3.63, 3.8) is 0 Å². The average Bonchev–Trinajstić information content (AvgIpc) is 2.88. The fourth-order valence-electron chi connectivity index (χ4n) is 1.80. The molecule has 0 saturated carbocycles. The molecular weight excluding hydrogens is 250 g/mol. The minimum Gasteiger partial charge on any atom is -0.324 e. The highest BCUT2D eigenvalue weighted by Gasteiger charge is 2.03. The topological polar surface area (TPSA) is 57.8 Å². The number of rotatable bonds is 1. The van der Waals surface area contributed by atoms with E-state index in [-0.39, 0.29) is 0 Å². The highest BCUT2D eigenvalue weighted by molar-refractivity contribution is 6.04. The molecule has 0 saturated heterocycles. The number of imidazole rings is 1. The Hall–Kier alpha value is -3.06. The van der Waals surface area contributed by atoms with Gasteiger partial charge >= 0.3 is 5.91 Å². The van der Waals surface area contributed by atoms with E-state index in [1.54, 1.807) is 0 Å². The van der Waals surface area contributed by atoms with E-state index in [0.717, 1.165) is 16.6 Å². The third-order valence-corrected chi connectivity index (χ3v) is 2.72. The minimum absolute atomic E-state index is 0.395. The molecule has 0 atom stereocenters. The van der Waals surface area contributed by atoms with Crippen molar-refractivity contribution in [2.45, 2.75) is 0 Å². The van der Waals surface area contributed by atoms with Crippen molar-refractivity contribution in [2.24, 2.45) is 0 Å². The molecule has 96 valence electrons. The smallest absolute Gasteiger partial charge is 0.302 e. The Labute approximate surface area is 115 Å². The second-order valence-electron chi connectivity index (χ2n) is 4.17. The van der Waals surface area contributed by atoms with Crippen molar-refractivity contribution in [3.8, 4) is 11.8 Å². The van der Waals surface area contributed by atoms with Crippen LogP contribution in [0.4, 0.5) is 5.95 Å². The molecule has 2 aromatic carbocycles. The minimum atomic E-state index is -0.395. The largest absolute Gasteiger partial charge is 0.324 e. The van der Waals surface area contributed by atoms with Gasteiger partial charge in [-0.1, -0.05) is 36.3 Å². The summed E-state index contributed by atoms with van der Waals surface area (Å²) in [4.78, 5) is 19.0. The summed E-state index contributed by atoms with van der Waals surface area (Å²) in [6, 6.07) is 16.9. The SMILES string of the molecule is O=C(C#Cc1ccccc1)Nc1nc2ccccc2[nH]1. The van der Waals surface area contributed by atoms with E-state index >= 15 is 0 Å². The van der Waals surface area contributed by atoms with Crippen LogP contribution < -0.4 is 5.32 Å². The maximum Gasteiger partial charge on any atom is 0.302 e. The number of para-hydroxylation sites is 2.